The van der Waals surface area contributed by atoms with Crippen LogP contribution in [0.25, 0.3) is 21.7 Å². The molecular weight excluding hydrogens is 436 g/mol. The van der Waals surface area contributed by atoms with Crippen LogP contribution in [0, 0.1) is 11.3 Å². The molecule has 170 valence electrons. The van der Waals surface area contributed by atoms with E-state index in [2.05, 4.69) is 21.2 Å². The molecule has 0 aliphatic heterocycles. The molecule has 1 aromatic heterocycles. The van der Waals surface area contributed by atoms with Crippen molar-refractivity contribution in [1.29, 1.82) is 5.26 Å². The van der Waals surface area contributed by atoms with Gasteiger partial charge >= 0.3 is 0 Å². The van der Waals surface area contributed by atoms with E-state index in [4.69, 9.17) is 4.74 Å². The summed E-state index contributed by atoms with van der Waals surface area (Å²) >= 11 is 0. The molecule has 5 rings (SSSR count). The Morgan fingerprint density at radius 1 is 1.03 bits per heavy atom. The molecular formula is C29H22N4O2. The molecule has 0 aliphatic rings. The number of hydrogen-bond acceptors (Lipinski definition) is 4. The molecule has 35 heavy (non-hydrogen) atoms. The largest absolute Gasteiger partial charge is 0.496 e. The summed E-state index contributed by atoms with van der Waals surface area (Å²) in [5, 5.41) is 16.6. The number of methoxy groups -OCH3 is 1. The van der Waals surface area contributed by atoms with Crippen LogP contribution in [0.15, 0.2) is 96.2 Å². The highest BCUT2D eigenvalue weighted by Crippen LogP contribution is 2.26. The number of amides is 1. The van der Waals surface area contributed by atoms with Crippen LogP contribution in [0.4, 0.5) is 0 Å². The van der Waals surface area contributed by atoms with Crippen molar-refractivity contribution in [2.75, 3.05) is 7.11 Å². The molecule has 1 N–H and O–H groups in total. The fourth-order valence-corrected chi connectivity index (χ4v) is 4.25. The molecule has 0 fully saturated rings. The van der Waals surface area contributed by atoms with Gasteiger partial charge in [-0.3, -0.25) is 4.79 Å². The number of para-hydroxylation sites is 1. The average Bonchev–Trinajstić information content (AvgIpc) is 3.25. The van der Waals surface area contributed by atoms with Crippen LogP contribution < -0.4 is 10.2 Å². The second-order valence-electron chi connectivity index (χ2n) is 8.10. The van der Waals surface area contributed by atoms with Crippen LogP contribution in [0.5, 0.6) is 5.75 Å². The minimum Gasteiger partial charge on any atom is -0.496 e. The standard InChI is InChI=1S/C29H22N4O2/c1-35-28-15-21-9-3-2-8-20(21)14-26(28)29(34)32-31-17-24-19-33(27-13-7-6-12-25(24)27)18-23-11-5-4-10-22(23)16-30/h2-15,17,19H,18H2,1H3,(H,32,34). The number of hydrogen-bond donors (Lipinski definition) is 1. The van der Waals surface area contributed by atoms with E-state index in [1.165, 1.54) is 0 Å². The van der Waals surface area contributed by atoms with Crippen molar-refractivity contribution in [3.05, 3.63) is 113 Å². The van der Waals surface area contributed by atoms with Crippen LogP contribution >= 0.6 is 0 Å². The summed E-state index contributed by atoms with van der Waals surface area (Å²) < 4.78 is 7.52. The lowest BCUT2D eigenvalue weighted by molar-refractivity contribution is 0.0952. The number of rotatable bonds is 6. The highest BCUT2D eigenvalue weighted by Gasteiger charge is 2.14. The van der Waals surface area contributed by atoms with Crippen molar-refractivity contribution >= 4 is 33.8 Å². The fraction of sp³-hybridized carbons (Fsp3) is 0.0690. The Labute approximate surface area is 202 Å². The van der Waals surface area contributed by atoms with E-state index in [9.17, 15) is 10.1 Å². The van der Waals surface area contributed by atoms with Crippen LogP contribution in [0.1, 0.15) is 27.0 Å². The van der Waals surface area contributed by atoms with Crippen molar-refractivity contribution in [2.24, 2.45) is 5.10 Å². The molecule has 0 bridgehead atoms. The normalized spacial score (nSPS) is 11.1. The maximum atomic E-state index is 12.9. The lowest BCUT2D eigenvalue weighted by Crippen LogP contribution is -2.18. The number of nitrogens with one attached hydrogen (secondary N) is 1. The monoisotopic (exact) mass is 458 g/mol. The van der Waals surface area contributed by atoms with Crippen molar-refractivity contribution < 1.29 is 9.53 Å². The first-order valence-electron chi connectivity index (χ1n) is 11.1. The van der Waals surface area contributed by atoms with Gasteiger partial charge in [-0.15, -0.1) is 0 Å². The van der Waals surface area contributed by atoms with Gasteiger partial charge in [0.15, 0.2) is 0 Å². The molecule has 0 aliphatic carbocycles. The summed E-state index contributed by atoms with van der Waals surface area (Å²) in [4.78, 5) is 12.9. The lowest BCUT2D eigenvalue weighted by atomic mass is 10.1. The molecule has 1 amide bonds. The molecule has 0 radical (unpaired) electrons. The van der Waals surface area contributed by atoms with Crippen LogP contribution in [-0.4, -0.2) is 23.8 Å². The second kappa shape index (κ2) is 9.54. The van der Waals surface area contributed by atoms with Crippen molar-refractivity contribution in [1.82, 2.24) is 9.99 Å². The first-order chi connectivity index (χ1) is 17.2. The number of hydrazone groups is 1. The minimum absolute atomic E-state index is 0.351. The molecule has 1 heterocycles. The van der Waals surface area contributed by atoms with Gasteiger partial charge < -0.3 is 9.30 Å². The Hall–Kier alpha value is -4.89. The van der Waals surface area contributed by atoms with Gasteiger partial charge in [0.1, 0.15) is 5.75 Å². The zero-order chi connectivity index (χ0) is 24.2. The summed E-state index contributed by atoms with van der Waals surface area (Å²) in [6.07, 6.45) is 3.62. The molecule has 4 aromatic carbocycles. The maximum absolute atomic E-state index is 12.9. The smallest absolute Gasteiger partial charge is 0.275 e. The van der Waals surface area contributed by atoms with Crippen LogP contribution in [0.3, 0.4) is 0 Å². The third-order valence-corrected chi connectivity index (χ3v) is 5.98. The molecule has 0 unspecified atom stereocenters. The number of ether oxygens (including phenoxy) is 1. The number of nitrogens with zero attached hydrogens (tertiary/aromatic N) is 3. The van der Waals surface area contributed by atoms with Crippen LogP contribution in [0.2, 0.25) is 0 Å². The summed E-state index contributed by atoms with van der Waals surface area (Å²) in [5.74, 6) is 0.139. The predicted octanol–water partition coefficient (Wildman–Crippen LogP) is 5.49. The third-order valence-electron chi connectivity index (χ3n) is 5.98. The number of fused-ring (bicyclic) bond motifs is 2. The quantitative estimate of drug-likeness (QED) is 0.270. The first kappa shape index (κ1) is 21.9. The highest BCUT2D eigenvalue weighted by atomic mass is 16.5. The Morgan fingerprint density at radius 2 is 1.74 bits per heavy atom. The molecule has 5 aromatic rings. The Balaban J connectivity index is 1.42. The van der Waals surface area contributed by atoms with Crippen molar-refractivity contribution in [3.8, 4) is 11.8 Å². The summed E-state index contributed by atoms with van der Waals surface area (Å²) in [5.41, 5.74) is 6.51. The van der Waals surface area contributed by atoms with Crippen molar-refractivity contribution in [2.45, 2.75) is 6.54 Å². The van der Waals surface area contributed by atoms with Gasteiger partial charge in [0, 0.05) is 29.2 Å². The minimum atomic E-state index is -0.351. The Kier molecular flexibility index (Phi) is 5.98. The van der Waals surface area contributed by atoms with Crippen molar-refractivity contribution in [3.63, 3.8) is 0 Å². The summed E-state index contributed by atoms with van der Waals surface area (Å²) in [7, 11) is 1.55. The Bertz CT molecular complexity index is 1630. The number of aromatic nitrogens is 1. The third kappa shape index (κ3) is 4.35. The average molecular weight is 459 g/mol. The molecule has 0 saturated carbocycles. The molecule has 0 saturated heterocycles. The van der Waals surface area contributed by atoms with Gasteiger partial charge in [-0.1, -0.05) is 60.7 Å². The van der Waals surface area contributed by atoms with E-state index in [1.54, 1.807) is 19.4 Å². The van der Waals surface area contributed by atoms with E-state index in [0.29, 0.717) is 23.4 Å². The first-order valence-corrected chi connectivity index (χ1v) is 11.1. The number of carbonyl (C=O) groups is 1. The van der Waals surface area contributed by atoms with Gasteiger partial charge in [-0.25, -0.2) is 5.43 Å². The van der Waals surface area contributed by atoms with Gasteiger partial charge in [-0.2, -0.15) is 10.4 Å². The predicted molar refractivity (Wildman–Crippen MR) is 138 cm³/mol. The van der Waals surface area contributed by atoms with E-state index in [0.717, 1.165) is 32.8 Å². The fourth-order valence-electron chi connectivity index (χ4n) is 4.25. The summed E-state index contributed by atoms with van der Waals surface area (Å²) in [6, 6.07) is 29.3. The number of nitriles is 1. The van der Waals surface area contributed by atoms with E-state index in [1.807, 2.05) is 85.1 Å². The second-order valence-corrected chi connectivity index (χ2v) is 8.10. The topological polar surface area (TPSA) is 79.4 Å². The summed E-state index contributed by atoms with van der Waals surface area (Å²) in [6.45, 7) is 0.554. The number of benzene rings is 4. The van der Waals surface area contributed by atoms with E-state index >= 15 is 0 Å². The van der Waals surface area contributed by atoms with Gasteiger partial charge in [0.25, 0.3) is 5.91 Å². The molecule has 6 heteroatoms. The SMILES string of the molecule is COc1cc2ccccc2cc1C(=O)NN=Cc1cn(Cc2ccccc2C#N)c2ccccc12. The van der Waals surface area contributed by atoms with Crippen LogP contribution in [-0.2, 0) is 6.54 Å². The highest BCUT2D eigenvalue weighted by molar-refractivity contribution is 6.03. The molecule has 0 atom stereocenters. The zero-order valence-electron chi connectivity index (χ0n) is 19.1. The molecule has 6 nitrogen and oxygen atoms in total. The maximum Gasteiger partial charge on any atom is 0.275 e. The van der Waals surface area contributed by atoms with E-state index < -0.39 is 0 Å². The Morgan fingerprint density at radius 3 is 2.54 bits per heavy atom. The van der Waals surface area contributed by atoms with Gasteiger partial charge in [-0.05, 0) is 40.6 Å². The van der Waals surface area contributed by atoms with E-state index in [-0.39, 0.29) is 5.91 Å². The van der Waals surface area contributed by atoms with Gasteiger partial charge in [0.2, 0.25) is 0 Å². The zero-order valence-corrected chi connectivity index (χ0v) is 19.1. The molecule has 0 spiro atoms. The lowest BCUT2D eigenvalue weighted by Gasteiger charge is -2.09. The van der Waals surface area contributed by atoms with Gasteiger partial charge in [0.05, 0.1) is 30.5 Å². The number of carbonyl (C=O) groups excluding carboxylic acids is 1.